The van der Waals surface area contributed by atoms with Crippen LogP contribution in [0.3, 0.4) is 0 Å². The van der Waals surface area contributed by atoms with E-state index < -0.39 is 5.91 Å². The Hall–Kier alpha value is -1.85. The predicted octanol–water partition coefficient (Wildman–Crippen LogP) is 0.151. The topological polar surface area (TPSA) is 98.1 Å². The van der Waals surface area contributed by atoms with E-state index in [1.54, 1.807) is 17.2 Å². The lowest BCUT2D eigenvalue weighted by Gasteiger charge is -2.20. The number of carbonyl (C=O) groups is 1. The Labute approximate surface area is 94.7 Å². The van der Waals surface area contributed by atoms with Gasteiger partial charge in [0.2, 0.25) is 11.9 Å². The van der Waals surface area contributed by atoms with Gasteiger partial charge in [-0.05, 0) is 12.5 Å². The third-order valence-corrected chi connectivity index (χ3v) is 2.08. The third kappa shape index (κ3) is 3.72. The first-order chi connectivity index (χ1) is 7.63. The number of hydrogen-bond acceptors (Lipinski definition) is 5. The normalized spacial score (nSPS) is 10.1. The van der Waals surface area contributed by atoms with E-state index in [1.165, 1.54) is 0 Å². The summed E-state index contributed by atoms with van der Waals surface area (Å²) < 4.78 is 0. The molecule has 1 aromatic rings. The van der Waals surface area contributed by atoms with Crippen molar-refractivity contribution in [3.63, 3.8) is 0 Å². The summed E-state index contributed by atoms with van der Waals surface area (Å²) >= 11 is 0. The molecule has 0 saturated heterocycles. The average Bonchev–Trinajstić information content (AvgIpc) is 2.23. The second-order valence-electron chi connectivity index (χ2n) is 3.52. The standard InChI is InChI=1S/C10H17N5O/c1-2-3-6-15(7-9(12)16)10-13-5-4-8(11)14-10/h4-5H,2-3,6-7H2,1H3,(H2,12,16)(H2,11,13,14). The molecule has 0 saturated carbocycles. The van der Waals surface area contributed by atoms with Crippen molar-refractivity contribution in [2.24, 2.45) is 5.73 Å². The number of hydrogen-bond donors (Lipinski definition) is 2. The van der Waals surface area contributed by atoms with Gasteiger partial charge in [0.15, 0.2) is 0 Å². The second-order valence-corrected chi connectivity index (χ2v) is 3.52. The van der Waals surface area contributed by atoms with Gasteiger partial charge in [-0.1, -0.05) is 13.3 Å². The van der Waals surface area contributed by atoms with E-state index in [2.05, 4.69) is 16.9 Å². The molecule has 4 N–H and O–H groups in total. The van der Waals surface area contributed by atoms with E-state index in [-0.39, 0.29) is 6.54 Å². The van der Waals surface area contributed by atoms with Crippen LogP contribution in [0.4, 0.5) is 11.8 Å². The molecule has 16 heavy (non-hydrogen) atoms. The third-order valence-electron chi connectivity index (χ3n) is 2.08. The van der Waals surface area contributed by atoms with Crippen LogP contribution in [-0.2, 0) is 4.79 Å². The molecule has 1 rings (SSSR count). The van der Waals surface area contributed by atoms with Gasteiger partial charge in [-0.2, -0.15) is 4.98 Å². The highest BCUT2D eigenvalue weighted by Crippen LogP contribution is 2.09. The maximum atomic E-state index is 10.9. The van der Waals surface area contributed by atoms with Crippen LogP contribution >= 0.6 is 0 Å². The van der Waals surface area contributed by atoms with Gasteiger partial charge < -0.3 is 16.4 Å². The van der Waals surface area contributed by atoms with Gasteiger partial charge in [0, 0.05) is 12.7 Å². The molecule has 0 aliphatic rings. The number of carbonyl (C=O) groups excluding carboxylic acids is 1. The van der Waals surface area contributed by atoms with Crippen molar-refractivity contribution in [1.82, 2.24) is 9.97 Å². The number of primary amides is 1. The molecule has 0 aromatic carbocycles. The van der Waals surface area contributed by atoms with Crippen LogP contribution in [-0.4, -0.2) is 29.0 Å². The average molecular weight is 223 g/mol. The maximum Gasteiger partial charge on any atom is 0.237 e. The van der Waals surface area contributed by atoms with Crippen molar-refractivity contribution >= 4 is 17.7 Å². The van der Waals surface area contributed by atoms with Gasteiger partial charge in [0.1, 0.15) is 5.82 Å². The summed E-state index contributed by atoms with van der Waals surface area (Å²) in [6, 6.07) is 1.60. The number of nitrogens with zero attached hydrogens (tertiary/aromatic N) is 3. The SMILES string of the molecule is CCCCN(CC(N)=O)c1nccc(N)n1. The summed E-state index contributed by atoms with van der Waals surface area (Å²) in [6.45, 7) is 2.88. The minimum atomic E-state index is -0.401. The molecule has 1 aromatic heterocycles. The Kier molecular flexibility index (Phi) is 4.50. The monoisotopic (exact) mass is 223 g/mol. The van der Waals surface area contributed by atoms with Gasteiger partial charge in [0.25, 0.3) is 0 Å². The van der Waals surface area contributed by atoms with Crippen molar-refractivity contribution in [2.45, 2.75) is 19.8 Å². The Bertz CT molecular complexity index is 355. The van der Waals surface area contributed by atoms with E-state index in [0.717, 1.165) is 12.8 Å². The lowest BCUT2D eigenvalue weighted by molar-refractivity contribution is -0.116. The van der Waals surface area contributed by atoms with Crippen molar-refractivity contribution in [2.75, 3.05) is 23.7 Å². The lowest BCUT2D eigenvalue weighted by atomic mass is 10.3. The van der Waals surface area contributed by atoms with E-state index in [4.69, 9.17) is 11.5 Å². The van der Waals surface area contributed by atoms with Gasteiger partial charge in [-0.25, -0.2) is 4.98 Å². The fourth-order valence-electron chi connectivity index (χ4n) is 1.30. The molecule has 0 bridgehead atoms. The van der Waals surface area contributed by atoms with Crippen LogP contribution in [0, 0.1) is 0 Å². The zero-order valence-electron chi connectivity index (χ0n) is 9.39. The van der Waals surface area contributed by atoms with Gasteiger partial charge in [0.05, 0.1) is 6.54 Å². The van der Waals surface area contributed by atoms with Crippen LogP contribution in [0.25, 0.3) is 0 Å². The quantitative estimate of drug-likeness (QED) is 0.715. The molecule has 1 amide bonds. The highest BCUT2D eigenvalue weighted by Gasteiger charge is 2.11. The molecule has 0 spiro atoms. The highest BCUT2D eigenvalue weighted by atomic mass is 16.1. The second kappa shape index (κ2) is 5.89. The Morgan fingerprint density at radius 2 is 2.31 bits per heavy atom. The summed E-state index contributed by atoms with van der Waals surface area (Å²) in [5.74, 6) is 0.436. The molecular weight excluding hydrogens is 206 g/mol. The molecule has 0 aliphatic heterocycles. The Balaban J connectivity index is 2.78. The molecule has 0 atom stereocenters. The Morgan fingerprint density at radius 3 is 2.88 bits per heavy atom. The number of unbranched alkanes of at least 4 members (excludes halogenated alkanes) is 1. The van der Waals surface area contributed by atoms with E-state index >= 15 is 0 Å². The molecule has 0 fully saturated rings. The minimum Gasteiger partial charge on any atom is -0.384 e. The zero-order chi connectivity index (χ0) is 12.0. The molecule has 6 nitrogen and oxygen atoms in total. The van der Waals surface area contributed by atoms with Crippen LogP contribution in [0.15, 0.2) is 12.3 Å². The summed E-state index contributed by atoms with van der Waals surface area (Å²) in [5.41, 5.74) is 10.7. The number of rotatable bonds is 6. The van der Waals surface area contributed by atoms with Crippen LogP contribution < -0.4 is 16.4 Å². The minimum absolute atomic E-state index is 0.115. The highest BCUT2D eigenvalue weighted by molar-refractivity contribution is 5.78. The van der Waals surface area contributed by atoms with Crippen LogP contribution in [0.5, 0.6) is 0 Å². The van der Waals surface area contributed by atoms with Crippen molar-refractivity contribution < 1.29 is 4.79 Å². The smallest absolute Gasteiger partial charge is 0.237 e. The van der Waals surface area contributed by atoms with Crippen LogP contribution in [0.2, 0.25) is 0 Å². The van der Waals surface area contributed by atoms with E-state index in [9.17, 15) is 4.79 Å². The number of amides is 1. The fraction of sp³-hybridized carbons (Fsp3) is 0.500. The maximum absolute atomic E-state index is 10.9. The van der Waals surface area contributed by atoms with Crippen molar-refractivity contribution in [3.8, 4) is 0 Å². The van der Waals surface area contributed by atoms with E-state index in [0.29, 0.717) is 18.3 Å². The number of nitrogens with two attached hydrogens (primary N) is 2. The molecule has 88 valence electrons. The fourth-order valence-corrected chi connectivity index (χ4v) is 1.30. The molecular formula is C10H17N5O. The molecule has 0 radical (unpaired) electrons. The van der Waals surface area contributed by atoms with Gasteiger partial charge in [-0.15, -0.1) is 0 Å². The molecule has 0 aliphatic carbocycles. The number of anilines is 2. The summed E-state index contributed by atoms with van der Waals surface area (Å²) in [6.07, 6.45) is 3.54. The number of aromatic nitrogens is 2. The zero-order valence-corrected chi connectivity index (χ0v) is 9.39. The van der Waals surface area contributed by atoms with Gasteiger partial charge in [-0.3, -0.25) is 4.79 Å². The molecule has 0 unspecified atom stereocenters. The van der Waals surface area contributed by atoms with E-state index in [1.807, 2.05) is 0 Å². The summed E-state index contributed by atoms with van der Waals surface area (Å²) in [7, 11) is 0. The molecule has 1 heterocycles. The Morgan fingerprint density at radius 1 is 1.56 bits per heavy atom. The largest absolute Gasteiger partial charge is 0.384 e. The van der Waals surface area contributed by atoms with Crippen molar-refractivity contribution in [1.29, 1.82) is 0 Å². The first-order valence-electron chi connectivity index (χ1n) is 5.25. The number of nitrogen functional groups attached to an aromatic ring is 1. The molecule has 6 heteroatoms. The van der Waals surface area contributed by atoms with Crippen LogP contribution in [0.1, 0.15) is 19.8 Å². The summed E-state index contributed by atoms with van der Waals surface area (Å²) in [5, 5.41) is 0. The van der Waals surface area contributed by atoms with Crippen molar-refractivity contribution in [3.05, 3.63) is 12.3 Å². The first-order valence-corrected chi connectivity index (χ1v) is 5.25. The summed E-state index contributed by atoms with van der Waals surface area (Å²) in [4.78, 5) is 20.8. The first kappa shape index (κ1) is 12.2. The lowest BCUT2D eigenvalue weighted by Crippen LogP contribution is -2.35. The predicted molar refractivity (Wildman–Crippen MR) is 62.8 cm³/mol. The van der Waals surface area contributed by atoms with Gasteiger partial charge >= 0.3 is 0 Å².